The third kappa shape index (κ3) is 19.7. The molecule has 0 radical (unpaired) electrons. The van der Waals surface area contributed by atoms with Crippen molar-refractivity contribution < 1.29 is 19.1 Å². The normalized spacial score (nSPS) is 12.2. The molecule has 4 nitrogen and oxygen atoms in total. The molecule has 0 saturated heterocycles. The van der Waals surface area contributed by atoms with Crippen molar-refractivity contribution in [3.8, 4) is 0 Å². The van der Waals surface area contributed by atoms with E-state index in [4.69, 9.17) is 9.47 Å². The molecule has 0 aromatic heterocycles. The van der Waals surface area contributed by atoms with Gasteiger partial charge in [-0.15, -0.1) is 0 Å². The van der Waals surface area contributed by atoms with Crippen molar-refractivity contribution in [1.82, 2.24) is 0 Å². The van der Waals surface area contributed by atoms with Gasteiger partial charge in [0.2, 0.25) is 0 Å². The molecule has 0 aliphatic rings. The molecular weight excluding hydrogens is 352 g/mol. The van der Waals surface area contributed by atoms with Gasteiger partial charge in [0.25, 0.3) is 0 Å². The number of hydrogen-bond donors (Lipinski definition) is 0. The summed E-state index contributed by atoms with van der Waals surface area (Å²) in [5.41, 5.74) is 0. The minimum atomic E-state index is -0.0599. The summed E-state index contributed by atoms with van der Waals surface area (Å²) in [6.07, 6.45) is 15.2. The summed E-state index contributed by atoms with van der Waals surface area (Å²) in [7, 11) is 0. The predicted octanol–water partition coefficient (Wildman–Crippen LogP) is 6.99. The van der Waals surface area contributed by atoms with Crippen LogP contribution in [0.25, 0.3) is 0 Å². The molecule has 0 saturated carbocycles. The van der Waals surface area contributed by atoms with E-state index in [-0.39, 0.29) is 18.0 Å². The summed E-state index contributed by atoms with van der Waals surface area (Å²) in [6.45, 7) is 9.12. The SMILES string of the molecule is CCCCCCC(C)OC(=O)CCCCCCCCC(=O)OCCCC(C)C. The topological polar surface area (TPSA) is 52.6 Å². The Hall–Kier alpha value is -1.06. The molecule has 0 amide bonds. The van der Waals surface area contributed by atoms with E-state index in [0.29, 0.717) is 25.4 Å². The van der Waals surface area contributed by atoms with E-state index in [1.54, 1.807) is 0 Å². The Labute approximate surface area is 174 Å². The molecule has 0 aliphatic carbocycles. The molecule has 0 rings (SSSR count). The highest BCUT2D eigenvalue weighted by molar-refractivity contribution is 5.69. The highest BCUT2D eigenvalue weighted by Crippen LogP contribution is 2.12. The zero-order valence-corrected chi connectivity index (χ0v) is 19.1. The molecule has 0 fully saturated rings. The summed E-state index contributed by atoms with van der Waals surface area (Å²) in [5, 5.41) is 0. The van der Waals surface area contributed by atoms with Crippen molar-refractivity contribution in [2.24, 2.45) is 5.92 Å². The molecule has 1 atom stereocenters. The van der Waals surface area contributed by atoms with Gasteiger partial charge in [-0.25, -0.2) is 0 Å². The van der Waals surface area contributed by atoms with Gasteiger partial charge >= 0.3 is 11.9 Å². The molecule has 0 spiro atoms. The van der Waals surface area contributed by atoms with Crippen LogP contribution in [0.4, 0.5) is 0 Å². The summed E-state index contributed by atoms with van der Waals surface area (Å²) < 4.78 is 10.7. The van der Waals surface area contributed by atoms with Crippen LogP contribution >= 0.6 is 0 Å². The first-order valence-corrected chi connectivity index (χ1v) is 11.8. The van der Waals surface area contributed by atoms with Crippen LogP contribution in [0.3, 0.4) is 0 Å². The Morgan fingerprint density at radius 3 is 1.86 bits per heavy atom. The Balaban J connectivity index is 3.39. The average Bonchev–Trinajstić information content (AvgIpc) is 2.64. The number of ether oxygens (including phenoxy) is 2. The van der Waals surface area contributed by atoms with Gasteiger partial charge < -0.3 is 9.47 Å². The number of unbranched alkanes of at least 4 members (excludes halogenated alkanes) is 8. The molecule has 1 unspecified atom stereocenters. The van der Waals surface area contributed by atoms with Crippen LogP contribution in [0.5, 0.6) is 0 Å². The van der Waals surface area contributed by atoms with Crippen molar-refractivity contribution >= 4 is 11.9 Å². The van der Waals surface area contributed by atoms with Crippen LogP contribution in [-0.2, 0) is 19.1 Å². The fourth-order valence-corrected chi connectivity index (χ4v) is 3.20. The van der Waals surface area contributed by atoms with Crippen LogP contribution in [0.2, 0.25) is 0 Å². The van der Waals surface area contributed by atoms with Gasteiger partial charge in [-0.2, -0.15) is 0 Å². The molecular formula is C24H46O4. The highest BCUT2D eigenvalue weighted by Gasteiger charge is 2.09. The molecule has 0 N–H and O–H groups in total. The van der Waals surface area contributed by atoms with E-state index < -0.39 is 0 Å². The number of rotatable bonds is 19. The van der Waals surface area contributed by atoms with Crippen molar-refractivity contribution in [3.05, 3.63) is 0 Å². The maximum atomic E-state index is 11.8. The van der Waals surface area contributed by atoms with Crippen LogP contribution in [0, 0.1) is 5.92 Å². The lowest BCUT2D eigenvalue weighted by Gasteiger charge is -2.13. The zero-order chi connectivity index (χ0) is 21.0. The summed E-state index contributed by atoms with van der Waals surface area (Å²) in [4.78, 5) is 23.4. The van der Waals surface area contributed by atoms with Gasteiger partial charge in [-0.1, -0.05) is 65.7 Å². The maximum absolute atomic E-state index is 11.8. The zero-order valence-electron chi connectivity index (χ0n) is 19.1. The third-order valence-corrected chi connectivity index (χ3v) is 5.00. The third-order valence-electron chi connectivity index (χ3n) is 5.00. The van der Waals surface area contributed by atoms with Gasteiger partial charge in [-0.3, -0.25) is 9.59 Å². The van der Waals surface area contributed by atoms with Crippen LogP contribution in [0.1, 0.15) is 124 Å². The molecule has 0 aromatic rings. The minimum Gasteiger partial charge on any atom is -0.466 e. The van der Waals surface area contributed by atoms with Gasteiger partial charge in [0.05, 0.1) is 12.7 Å². The molecule has 0 aromatic carbocycles. The Kier molecular flexibility index (Phi) is 18.5. The van der Waals surface area contributed by atoms with Crippen LogP contribution in [0.15, 0.2) is 0 Å². The van der Waals surface area contributed by atoms with E-state index in [9.17, 15) is 9.59 Å². The molecule has 0 aliphatic heterocycles. The van der Waals surface area contributed by atoms with Crippen molar-refractivity contribution in [2.75, 3.05) is 6.61 Å². The molecule has 0 heterocycles. The Morgan fingerprint density at radius 1 is 0.679 bits per heavy atom. The molecule has 0 bridgehead atoms. The smallest absolute Gasteiger partial charge is 0.306 e. The Bertz CT molecular complexity index is 379. The Morgan fingerprint density at radius 2 is 1.25 bits per heavy atom. The minimum absolute atomic E-state index is 0.0504. The molecule has 166 valence electrons. The fourth-order valence-electron chi connectivity index (χ4n) is 3.20. The average molecular weight is 399 g/mol. The lowest BCUT2D eigenvalue weighted by Crippen LogP contribution is -2.14. The summed E-state index contributed by atoms with van der Waals surface area (Å²) in [5.74, 6) is 0.554. The first kappa shape index (κ1) is 26.9. The second kappa shape index (κ2) is 19.3. The fraction of sp³-hybridized carbons (Fsp3) is 0.917. The quantitative estimate of drug-likeness (QED) is 0.174. The number of esters is 2. The van der Waals surface area contributed by atoms with Gasteiger partial charge in [-0.05, 0) is 51.4 Å². The summed E-state index contributed by atoms with van der Waals surface area (Å²) >= 11 is 0. The van der Waals surface area contributed by atoms with Gasteiger partial charge in [0.15, 0.2) is 0 Å². The first-order chi connectivity index (χ1) is 13.5. The predicted molar refractivity (Wildman–Crippen MR) is 116 cm³/mol. The van der Waals surface area contributed by atoms with Gasteiger partial charge in [0.1, 0.15) is 0 Å². The van der Waals surface area contributed by atoms with E-state index in [0.717, 1.165) is 64.2 Å². The van der Waals surface area contributed by atoms with E-state index in [1.807, 2.05) is 6.92 Å². The van der Waals surface area contributed by atoms with Gasteiger partial charge in [0, 0.05) is 12.8 Å². The lowest BCUT2D eigenvalue weighted by atomic mass is 10.1. The monoisotopic (exact) mass is 398 g/mol. The standard InChI is InChI=1S/C24H46O4/c1-5-6-7-12-17-22(4)28-24(26)19-14-11-9-8-10-13-18-23(25)27-20-15-16-21(2)3/h21-22H,5-20H2,1-4H3. The van der Waals surface area contributed by atoms with Crippen molar-refractivity contribution in [1.29, 1.82) is 0 Å². The number of hydrogen-bond acceptors (Lipinski definition) is 4. The number of carbonyl (C=O) groups excluding carboxylic acids is 2. The second-order valence-corrected chi connectivity index (χ2v) is 8.53. The maximum Gasteiger partial charge on any atom is 0.306 e. The van der Waals surface area contributed by atoms with E-state index >= 15 is 0 Å². The van der Waals surface area contributed by atoms with Crippen LogP contribution in [-0.4, -0.2) is 24.6 Å². The van der Waals surface area contributed by atoms with Crippen molar-refractivity contribution in [2.45, 2.75) is 130 Å². The largest absolute Gasteiger partial charge is 0.466 e. The highest BCUT2D eigenvalue weighted by atomic mass is 16.5. The summed E-state index contributed by atoms with van der Waals surface area (Å²) in [6, 6.07) is 0. The lowest BCUT2D eigenvalue weighted by molar-refractivity contribution is -0.148. The number of carbonyl (C=O) groups is 2. The first-order valence-electron chi connectivity index (χ1n) is 11.8. The second-order valence-electron chi connectivity index (χ2n) is 8.53. The van der Waals surface area contributed by atoms with Crippen molar-refractivity contribution in [3.63, 3.8) is 0 Å². The molecule has 4 heteroatoms. The molecule has 28 heavy (non-hydrogen) atoms. The van der Waals surface area contributed by atoms with Crippen LogP contribution < -0.4 is 0 Å². The van der Waals surface area contributed by atoms with E-state index in [1.165, 1.54) is 19.3 Å². The van der Waals surface area contributed by atoms with E-state index in [2.05, 4.69) is 20.8 Å².